The molecule has 0 saturated carbocycles. The van der Waals surface area contributed by atoms with Crippen molar-refractivity contribution in [3.05, 3.63) is 16.6 Å². The van der Waals surface area contributed by atoms with Crippen LogP contribution in [0.1, 0.15) is 38.0 Å². The molecule has 1 N–H and O–H groups in total. The molecule has 0 radical (unpaired) electrons. The van der Waals surface area contributed by atoms with Crippen LogP contribution in [0.2, 0.25) is 0 Å². The zero-order valence-electron chi connectivity index (χ0n) is 10.0. The number of rotatable bonds is 4. The number of nitrogens with one attached hydrogen (secondary N) is 1. The maximum absolute atomic E-state index is 5.83. The van der Waals surface area contributed by atoms with E-state index in [0.29, 0.717) is 6.04 Å². The molecule has 1 aliphatic heterocycles. The molecule has 0 aliphatic carbocycles. The van der Waals surface area contributed by atoms with E-state index in [0.717, 1.165) is 32.4 Å². The molecular weight excluding hydrogens is 220 g/mol. The van der Waals surface area contributed by atoms with E-state index in [1.807, 2.05) is 11.7 Å². The van der Waals surface area contributed by atoms with Crippen molar-refractivity contribution in [2.45, 2.75) is 51.3 Å². The van der Waals surface area contributed by atoms with Crippen LogP contribution >= 0.6 is 11.3 Å². The summed E-state index contributed by atoms with van der Waals surface area (Å²) in [6.45, 7) is 6.24. The van der Waals surface area contributed by atoms with Crippen molar-refractivity contribution in [1.82, 2.24) is 10.3 Å². The molecular formula is C12H20N2OS. The Morgan fingerprint density at radius 2 is 2.56 bits per heavy atom. The first-order chi connectivity index (χ1) is 7.72. The van der Waals surface area contributed by atoms with Crippen LogP contribution in [-0.4, -0.2) is 23.2 Å². The zero-order valence-corrected chi connectivity index (χ0v) is 10.8. The second kappa shape index (κ2) is 5.25. The van der Waals surface area contributed by atoms with Crippen LogP contribution in [0.15, 0.2) is 11.7 Å². The van der Waals surface area contributed by atoms with Crippen molar-refractivity contribution in [2.24, 2.45) is 0 Å². The highest BCUT2D eigenvalue weighted by Gasteiger charge is 2.31. The van der Waals surface area contributed by atoms with E-state index in [-0.39, 0.29) is 5.60 Å². The highest BCUT2D eigenvalue weighted by atomic mass is 32.1. The highest BCUT2D eigenvalue weighted by Crippen LogP contribution is 2.27. The highest BCUT2D eigenvalue weighted by molar-refractivity contribution is 7.09. The first kappa shape index (κ1) is 12.0. The molecule has 1 aromatic rings. The van der Waals surface area contributed by atoms with Crippen molar-refractivity contribution < 1.29 is 4.74 Å². The number of hydrogen-bond acceptors (Lipinski definition) is 4. The van der Waals surface area contributed by atoms with E-state index < -0.39 is 0 Å². The topological polar surface area (TPSA) is 34.2 Å². The second-order valence-electron chi connectivity index (χ2n) is 4.69. The summed E-state index contributed by atoms with van der Waals surface area (Å²) in [5.41, 5.74) is 1.96. The van der Waals surface area contributed by atoms with Gasteiger partial charge in [0.05, 0.1) is 11.1 Å². The third kappa shape index (κ3) is 3.03. The van der Waals surface area contributed by atoms with Crippen molar-refractivity contribution >= 4 is 11.3 Å². The Balaban J connectivity index is 1.81. The lowest BCUT2D eigenvalue weighted by Crippen LogP contribution is -2.44. The van der Waals surface area contributed by atoms with Gasteiger partial charge in [0.2, 0.25) is 0 Å². The molecule has 1 aromatic heterocycles. The quantitative estimate of drug-likeness (QED) is 0.878. The molecule has 2 rings (SSSR count). The van der Waals surface area contributed by atoms with Gasteiger partial charge in [-0.15, -0.1) is 11.3 Å². The Labute approximate surface area is 101 Å². The van der Waals surface area contributed by atoms with Crippen LogP contribution < -0.4 is 5.32 Å². The van der Waals surface area contributed by atoms with Gasteiger partial charge in [0.25, 0.3) is 0 Å². The van der Waals surface area contributed by atoms with E-state index >= 15 is 0 Å². The van der Waals surface area contributed by atoms with Crippen LogP contribution in [-0.2, 0) is 11.3 Å². The van der Waals surface area contributed by atoms with E-state index in [2.05, 4.69) is 24.1 Å². The third-order valence-electron chi connectivity index (χ3n) is 3.39. The molecule has 1 aliphatic rings. The lowest BCUT2D eigenvalue weighted by atomic mass is 9.90. The molecule has 4 heteroatoms. The maximum atomic E-state index is 5.83. The second-order valence-corrected chi connectivity index (χ2v) is 5.66. The smallest absolute Gasteiger partial charge is 0.0794 e. The minimum atomic E-state index is 0.0730. The molecule has 0 amide bonds. The summed E-state index contributed by atoms with van der Waals surface area (Å²) in [5.74, 6) is 0. The molecule has 90 valence electrons. The van der Waals surface area contributed by atoms with Gasteiger partial charge in [-0.1, -0.05) is 6.92 Å². The standard InChI is InChI=1S/C12H20N2OS/c1-3-12(2)6-10(4-5-15-12)14-8-11-7-13-9-16-11/h7,9-10,14H,3-6,8H2,1-2H3. The summed E-state index contributed by atoms with van der Waals surface area (Å²) in [4.78, 5) is 5.39. The summed E-state index contributed by atoms with van der Waals surface area (Å²) in [7, 11) is 0. The van der Waals surface area contributed by atoms with Crippen molar-refractivity contribution in [1.29, 1.82) is 0 Å². The fourth-order valence-electron chi connectivity index (χ4n) is 2.12. The fraction of sp³-hybridized carbons (Fsp3) is 0.750. The van der Waals surface area contributed by atoms with Gasteiger partial charge in [-0.25, -0.2) is 0 Å². The van der Waals surface area contributed by atoms with Gasteiger partial charge in [0, 0.05) is 30.3 Å². The number of aromatic nitrogens is 1. The van der Waals surface area contributed by atoms with Crippen molar-refractivity contribution in [3.63, 3.8) is 0 Å². The predicted octanol–water partition coefficient (Wildman–Crippen LogP) is 2.58. The monoisotopic (exact) mass is 240 g/mol. The van der Waals surface area contributed by atoms with E-state index in [1.165, 1.54) is 4.88 Å². The molecule has 1 saturated heterocycles. The van der Waals surface area contributed by atoms with Gasteiger partial charge >= 0.3 is 0 Å². The predicted molar refractivity (Wildman–Crippen MR) is 66.6 cm³/mol. The van der Waals surface area contributed by atoms with Gasteiger partial charge < -0.3 is 10.1 Å². The minimum absolute atomic E-state index is 0.0730. The molecule has 2 unspecified atom stereocenters. The van der Waals surface area contributed by atoms with Crippen LogP contribution in [0, 0.1) is 0 Å². The fourth-order valence-corrected chi connectivity index (χ4v) is 2.67. The first-order valence-corrected chi connectivity index (χ1v) is 6.84. The Kier molecular flexibility index (Phi) is 3.95. The summed E-state index contributed by atoms with van der Waals surface area (Å²) in [6.07, 6.45) is 5.26. The Hall–Kier alpha value is -0.450. The average Bonchev–Trinajstić information content (AvgIpc) is 2.80. The number of nitrogens with zero attached hydrogens (tertiary/aromatic N) is 1. The van der Waals surface area contributed by atoms with E-state index in [4.69, 9.17) is 4.74 Å². The van der Waals surface area contributed by atoms with Crippen LogP contribution in [0.25, 0.3) is 0 Å². The first-order valence-electron chi connectivity index (χ1n) is 5.96. The number of thiazole rings is 1. The molecule has 2 heterocycles. The number of ether oxygens (including phenoxy) is 1. The molecule has 0 bridgehead atoms. The lowest BCUT2D eigenvalue weighted by Gasteiger charge is -2.38. The number of hydrogen-bond donors (Lipinski definition) is 1. The van der Waals surface area contributed by atoms with Gasteiger partial charge in [-0.05, 0) is 26.2 Å². The molecule has 0 spiro atoms. The van der Waals surface area contributed by atoms with Gasteiger partial charge in [0.1, 0.15) is 0 Å². The molecule has 16 heavy (non-hydrogen) atoms. The van der Waals surface area contributed by atoms with Crippen molar-refractivity contribution in [2.75, 3.05) is 6.61 Å². The summed E-state index contributed by atoms with van der Waals surface area (Å²) >= 11 is 1.71. The zero-order chi connectivity index (χ0) is 11.4. The Morgan fingerprint density at radius 3 is 3.25 bits per heavy atom. The van der Waals surface area contributed by atoms with E-state index in [9.17, 15) is 0 Å². The van der Waals surface area contributed by atoms with Crippen LogP contribution in [0.5, 0.6) is 0 Å². The Bertz CT molecular complexity index is 315. The van der Waals surface area contributed by atoms with Crippen LogP contribution in [0.3, 0.4) is 0 Å². The van der Waals surface area contributed by atoms with E-state index in [1.54, 1.807) is 11.3 Å². The van der Waals surface area contributed by atoms with Gasteiger partial charge in [-0.2, -0.15) is 0 Å². The minimum Gasteiger partial charge on any atom is -0.375 e. The van der Waals surface area contributed by atoms with Gasteiger partial charge in [-0.3, -0.25) is 4.98 Å². The molecule has 2 atom stereocenters. The lowest BCUT2D eigenvalue weighted by molar-refractivity contribution is -0.0781. The summed E-state index contributed by atoms with van der Waals surface area (Å²) < 4.78 is 5.83. The summed E-state index contributed by atoms with van der Waals surface area (Å²) in [6, 6.07) is 0.584. The van der Waals surface area contributed by atoms with Crippen LogP contribution in [0.4, 0.5) is 0 Å². The van der Waals surface area contributed by atoms with Crippen molar-refractivity contribution in [3.8, 4) is 0 Å². The summed E-state index contributed by atoms with van der Waals surface area (Å²) in [5, 5.41) is 3.60. The Morgan fingerprint density at radius 1 is 1.69 bits per heavy atom. The molecule has 3 nitrogen and oxygen atoms in total. The third-order valence-corrected chi connectivity index (χ3v) is 4.17. The molecule has 1 fully saturated rings. The molecule has 0 aromatic carbocycles. The van der Waals surface area contributed by atoms with Gasteiger partial charge in [0.15, 0.2) is 0 Å². The average molecular weight is 240 g/mol. The normalized spacial score (nSPS) is 30.5. The SMILES string of the molecule is CCC1(C)CC(NCc2cncs2)CCO1. The maximum Gasteiger partial charge on any atom is 0.0794 e. The largest absolute Gasteiger partial charge is 0.375 e.